The Morgan fingerprint density at radius 2 is 2.29 bits per heavy atom. The SMILES string of the molecule is O=C1CCN(C(=O)c2ncccc2O)CCN1. The van der Waals surface area contributed by atoms with Crippen LogP contribution in [0.15, 0.2) is 18.3 Å². The van der Waals surface area contributed by atoms with Crippen molar-refractivity contribution in [3.05, 3.63) is 24.0 Å². The zero-order valence-electron chi connectivity index (χ0n) is 9.22. The number of aromatic nitrogens is 1. The van der Waals surface area contributed by atoms with Crippen molar-refractivity contribution in [1.29, 1.82) is 0 Å². The van der Waals surface area contributed by atoms with Crippen LogP contribution >= 0.6 is 0 Å². The fourth-order valence-corrected chi connectivity index (χ4v) is 1.68. The maximum absolute atomic E-state index is 12.0. The second-order valence-electron chi connectivity index (χ2n) is 3.76. The molecule has 1 fully saturated rings. The van der Waals surface area contributed by atoms with E-state index in [1.807, 2.05) is 0 Å². The highest BCUT2D eigenvalue weighted by Crippen LogP contribution is 2.15. The van der Waals surface area contributed by atoms with Gasteiger partial charge in [-0.3, -0.25) is 9.59 Å². The van der Waals surface area contributed by atoms with Crippen molar-refractivity contribution in [2.45, 2.75) is 6.42 Å². The van der Waals surface area contributed by atoms with Gasteiger partial charge in [-0.25, -0.2) is 4.98 Å². The summed E-state index contributed by atoms with van der Waals surface area (Å²) in [6, 6.07) is 2.97. The van der Waals surface area contributed by atoms with E-state index in [0.29, 0.717) is 19.6 Å². The Hall–Kier alpha value is -2.11. The van der Waals surface area contributed by atoms with Crippen LogP contribution in [0.1, 0.15) is 16.9 Å². The van der Waals surface area contributed by atoms with Crippen molar-refractivity contribution in [3.63, 3.8) is 0 Å². The molecule has 2 amide bonds. The number of carbonyl (C=O) groups excluding carboxylic acids is 2. The summed E-state index contributed by atoms with van der Waals surface area (Å²) in [7, 11) is 0. The molecule has 0 aromatic carbocycles. The molecule has 17 heavy (non-hydrogen) atoms. The van der Waals surface area contributed by atoms with E-state index in [1.165, 1.54) is 17.2 Å². The Balaban J connectivity index is 2.14. The van der Waals surface area contributed by atoms with E-state index in [1.54, 1.807) is 6.07 Å². The van der Waals surface area contributed by atoms with Crippen LogP contribution in [0.2, 0.25) is 0 Å². The summed E-state index contributed by atoms with van der Waals surface area (Å²) in [5.74, 6) is -0.550. The number of nitrogens with zero attached hydrogens (tertiary/aromatic N) is 2. The first-order valence-electron chi connectivity index (χ1n) is 5.38. The van der Waals surface area contributed by atoms with Gasteiger partial charge in [0.05, 0.1) is 0 Å². The van der Waals surface area contributed by atoms with E-state index < -0.39 is 0 Å². The largest absolute Gasteiger partial charge is 0.505 e. The molecule has 0 radical (unpaired) electrons. The topological polar surface area (TPSA) is 82.5 Å². The molecule has 0 unspecified atom stereocenters. The summed E-state index contributed by atoms with van der Waals surface area (Å²) in [6.07, 6.45) is 1.73. The second-order valence-corrected chi connectivity index (χ2v) is 3.76. The van der Waals surface area contributed by atoms with E-state index in [4.69, 9.17) is 0 Å². The molecule has 6 nitrogen and oxygen atoms in total. The zero-order chi connectivity index (χ0) is 12.3. The quantitative estimate of drug-likeness (QED) is 0.703. The summed E-state index contributed by atoms with van der Waals surface area (Å²) in [5.41, 5.74) is 0.0295. The average molecular weight is 235 g/mol. The molecule has 1 aromatic rings. The molecule has 1 aliphatic rings. The summed E-state index contributed by atoms with van der Waals surface area (Å²) >= 11 is 0. The summed E-state index contributed by atoms with van der Waals surface area (Å²) < 4.78 is 0. The lowest BCUT2D eigenvalue weighted by molar-refractivity contribution is -0.120. The minimum Gasteiger partial charge on any atom is -0.505 e. The van der Waals surface area contributed by atoms with Crippen LogP contribution in [0, 0.1) is 0 Å². The van der Waals surface area contributed by atoms with Crippen molar-refractivity contribution in [2.24, 2.45) is 0 Å². The highest BCUT2D eigenvalue weighted by atomic mass is 16.3. The van der Waals surface area contributed by atoms with E-state index in [9.17, 15) is 14.7 Å². The van der Waals surface area contributed by atoms with Gasteiger partial charge in [0.25, 0.3) is 5.91 Å². The summed E-state index contributed by atoms with van der Waals surface area (Å²) in [5, 5.41) is 12.2. The van der Waals surface area contributed by atoms with Gasteiger partial charge in [-0.1, -0.05) is 0 Å². The molecular formula is C11H13N3O3. The van der Waals surface area contributed by atoms with E-state index >= 15 is 0 Å². The normalized spacial score (nSPS) is 16.2. The van der Waals surface area contributed by atoms with E-state index in [2.05, 4.69) is 10.3 Å². The van der Waals surface area contributed by atoms with Crippen molar-refractivity contribution in [1.82, 2.24) is 15.2 Å². The highest BCUT2D eigenvalue weighted by Gasteiger charge is 2.22. The lowest BCUT2D eigenvalue weighted by atomic mass is 10.2. The Labute approximate surface area is 98.3 Å². The molecule has 0 atom stereocenters. The monoisotopic (exact) mass is 235 g/mol. The maximum Gasteiger partial charge on any atom is 0.276 e. The molecule has 2 N–H and O–H groups in total. The van der Waals surface area contributed by atoms with Crippen LogP contribution < -0.4 is 5.32 Å². The van der Waals surface area contributed by atoms with Gasteiger partial charge < -0.3 is 15.3 Å². The number of nitrogens with one attached hydrogen (secondary N) is 1. The van der Waals surface area contributed by atoms with Crippen LogP contribution in [-0.2, 0) is 4.79 Å². The minimum atomic E-state index is -0.348. The molecule has 0 aliphatic carbocycles. The number of carbonyl (C=O) groups is 2. The first-order valence-corrected chi connectivity index (χ1v) is 5.38. The van der Waals surface area contributed by atoms with Crippen LogP contribution in [0.4, 0.5) is 0 Å². The fraction of sp³-hybridized carbons (Fsp3) is 0.364. The number of aromatic hydroxyl groups is 1. The van der Waals surface area contributed by atoms with Crippen LogP contribution in [0.25, 0.3) is 0 Å². The average Bonchev–Trinajstić information content (AvgIpc) is 2.54. The molecular weight excluding hydrogens is 222 g/mol. The van der Waals surface area contributed by atoms with Crippen molar-refractivity contribution < 1.29 is 14.7 Å². The smallest absolute Gasteiger partial charge is 0.276 e. The molecule has 2 heterocycles. The van der Waals surface area contributed by atoms with E-state index in [0.717, 1.165) is 0 Å². The molecule has 1 aliphatic heterocycles. The Morgan fingerprint density at radius 3 is 3.06 bits per heavy atom. The molecule has 1 aromatic heterocycles. The molecule has 2 rings (SSSR count). The van der Waals surface area contributed by atoms with Gasteiger partial charge in [0.15, 0.2) is 5.69 Å². The fourth-order valence-electron chi connectivity index (χ4n) is 1.68. The molecule has 0 spiro atoms. The van der Waals surface area contributed by atoms with Gasteiger partial charge in [-0.2, -0.15) is 0 Å². The first kappa shape index (κ1) is 11.4. The summed E-state index contributed by atoms with van der Waals surface area (Å²) in [6.45, 7) is 1.21. The van der Waals surface area contributed by atoms with Crippen LogP contribution in [0.5, 0.6) is 5.75 Å². The van der Waals surface area contributed by atoms with Crippen molar-refractivity contribution in [3.8, 4) is 5.75 Å². The zero-order valence-corrected chi connectivity index (χ0v) is 9.22. The Morgan fingerprint density at radius 1 is 1.47 bits per heavy atom. The third-order valence-corrected chi connectivity index (χ3v) is 2.59. The Bertz CT molecular complexity index is 447. The number of hydrogen-bond acceptors (Lipinski definition) is 4. The second kappa shape index (κ2) is 4.82. The van der Waals surface area contributed by atoms with Gasteiger partial charge in [0.2, 0.25) is 5.91 Å². The third-order valence-electron chi connectivity index (χ3n) is 2.59. The van der Waals surface area contributed by atoms with Crippen LogP contribution in [0.3, 0.4) is 0 Å². The first-order chi connectivity index (χ1) is 8.18. The summed E-state index contributed by atoms with van der Waals surface area (Å²) in [4.78, 5) is 28.6. The predicted molar refractivity (Wildman–Crippen MR) is 59.4 cm³/mol. The van der Waals surface area contributed by atoms with Gasteiger partial charge in [-0.15, -0.1) is 0 Å². The van der Waals surface area contributed by atoms with Crippen molar-refractivity contribution >= 4 is 11.8 Å². The molecule has 1 saturated heterocycles. The van der Waals surface area contributed by atoms with Gasteiger partial charge in [-0.05, 0) is 12.1 Å². The predicted octanol–water partition coefficient (Wildman–Crippen LogP) is -0.251. The van der Waals surface area contributed by atoms with Gasteiger partial charge >= 0.3 is 0 Å². The highest BCUT2D eigenvalue weighted by molar-refractivity contribution is 5.95. The molecule has 0 bridgehead atoms. The Kier molecular flexibility index (Phi) is 3.22. The maximum atomic E-state index is 12.0. The van der Waals surface area contributed by atoms with Gasteiger partial charge in [0.1, 0.15) is 5.75 Å². The lowest BCUT2D eigenvalue weighted by Gasteiger charge is -2.19. The van der Waals surface area contributed by atoms with Crippen molar-refractivity contribution in [2.75, 3.05) is 19.6 Å². The lowest BCUT2D eigenvalue weighted by Crippen LogP contribution is -2.34. The number of rotatable bonds is 1. The standard InChI is InChI=1S/C11H13N3O3/c15-8-2-1-4-13-10(8)11(17)14-6-3-9(16)12-5-7-14/h1-2,4,15H,3,5-7H2,(H,12,16). The number of pyridine rings is 1. The number of amides is 2. The third kappa shape index (κ3) is 2.52. The minimum absolute atomic E-state index is 0.0295. The van der Waals surface area contributed by atoms with E-state index in [-0.39, 0.29) is 29.7 Å². The molecule has 90 valence electrons. The number of hydrogen-bond donors (Lipinski definition) is 2. The van der Waals surface area contributed by atoms with Gasteiger partial charge in [0, 0.05) is 32.3 Å². The molecule has 6 heteroatoms. The molecule has 0 saturated carbocycles. The van der Waals surface area contributed by atoms with Crippen LogP contribution in [-0.4, -0.2) is 46.4 Å².